The van der Waals surface area contributed by atoms with E-state index in [9.17, 15) is 15.3 Å². The molecule has 0 bridgehead atoms. The van der Waals surface area contributed by atoms with Crippen molar-refractivity contribution >= 4 is 0 Å². The normalized spacial score (nSPS) is 43.8. The molecule has 0 heterocycles. The van der Waals surface area contributed by atoms with Crippen LogP contribution < -0.4 is 0 Å². The van der Waals surface area contributed by atoms with Crippen molar-refractivity contribution in [3.63, 3.8) is 0 Å². The molecule has 2 aliphatic carbocycles. The Bertz CT molecular complexity index is 385. The van der Waals surface area contributed by atoms with Gasteiger partial charge in [0.05, 0.1) is 18.3 Å². The minimum atomic E-state index is -0.935. The van der Waals surface area contributed by atoms with Gasteiger partial charge in [-0.2, -0.15) is 0 Å². The second kappa shape index (κ2) is 4.06. The van der Waals surface area contributed by atoms with Gasteiger partial charge in [0.15, 0.2) is 0 Å². The molecule has 2 rings (SSSR count). The maximum atomic E-state index is 11.3. The molecule has 0 aliphatic heterocycles. The standard InChI is InChI=1S/C15H26O3/c1-10-5-8-15(18)13(2,3)7-6-12(17)14(15,4)11(10)9-16/h12,16-18H,5-9H2,1-4H3/t12-,14-,15+/m0/s1. The van der Waals surface area contributed by atoms with Crippen LogP contribution in [0.3, 0.4) is 0 Å². The van der Waals surface area contributed by atoms with E-state index in [1.807, 2.05) is 13.8 Å². The second-order valence-electron chi connectivity index (χ2n) is 6.92. The molecule has 104 valence electrons. The van der Waals surface area contributed by atoms with Gasteiger partial charge in [0.1, 0.15) is 0 Å². The SMILES string of the molecule is CC1=C(CO)[C@@]2(C)[C@@H](O)CCC(C)(C)[C@]2(O)CC1. The maximum Gasteiger partial charge on any atom is 0.0817 e. The summed E-state index contributed by atoms with van der Waals surface area (Å²) in [6, 6.07) is 0. The molecular formula is C15H26O3. The summed E-state index contributed by atoms with van der Waals surface area (Å²) in [6.07, 6.45) is 2.40. The van der Waals surface area contributed by atoms with Crippen LogP contribution in [0.1, 0.15) is 53.4 Å². The number of hydrogen-bond donors (Lipinski definition) is 3. The molecule has 0 spiro atoms. The van der Waals surface area contributed by atoms with Crippen molar-refractivity contribution in [1.82, 2.24) is 0 Å². The van der Waals surface area contributed by atoms with Gasteiger partial charge in [-0.15, -0.1) is 0 Å². The zero-order valence-electron chi connectivity index (χ0n) is 12.0. The minimum absolute atomic E-state index is 0.0716. The van der Waals surface area contributed by atoms with Crippen LogP contribution in [0.2, 0.25) is 0 Å². The first-order valence-corrected chi connectivity index (χ1v) is 6.91. The zero-order valence-corrected chi connectivity index (χ0v) is 12.0. The Morgan fingerprint density at radius 1 is 1.22 bits per heavy atom. The first kappa shape index (κ1) is 14.0. The second-order valence-corrected chi connectivity index (χ2v) is 6.92. The van der Waals surface area contributed by atoms with Gasteiger partial charge in [-0.1, -0.05) is 26.3 Å². The first-order valence-electron chi connectivity index (χ1n) is 6.91. The fraction of sp³-hybridized carbons (Fsp3) is 0.867. The van der Waals surface area contributed by atoms with Crippen LogP contribution in [-0.4, -0.2) is 33.6 Å². The van der Waals surface area contributed by atoms with Crippen molar-refractivity contribution in [2.24, 2.45) is 10.8 Å². The van der Waals surface area contributed by atoms with Crippen molar-refractivity contribution in [3.05, 3.63) is 11.1 Å². The summed E-state index contributed by atoms with van der Waals surface area (Å²) < 4.78 is 0. The van der Waals surface area contributed by atoms with Crippen LogP contribution in [0.25, 0.3) is 0 Å². The van der Waals surface area contributed by atoms with Gasteiger partial charge in [0.25, 0.3) is 0 Å². The number of hydrogen-bond acceptors (Lipinski definition) is 3. The summed E-state index contributed by atoms with van der Waals surface area (Å²) in [7, 11) is 0. The maximum absolute atomic E-state index is 11.3. The quantitative estimate of drug-likeness (QED) is 0.627. The molecular weight excluding hydrogens is 228 g/mol. The molecule has 0 radical (unpaired) electrons. The Balaban J connectivity index is 2.63. The van der Waals surface area contributed by atoms with Gasteiger partial charge < -0.3 is 15.3 Å². The molecule has 1 fully saturated rings. The van der Waals surface area contributed by atoms with E-state index in [-0.39, 0.29) is 12.0 Å². The Labute approximate surface area is 110 Å². The van der Waals surface area contributed by atoms with E-state index in [0.717, 1.165) is 24.0 Å². The molecule has 3 heteroatoms. The molecule has 18 heavy (non-hydrogen) atoms. The highest BCUT2D eigenvalue weighted by atomic mass is 16.3. The van der Waals surface area contributed by atoms with Gasteiger partial charge >= 0.3 is 0 Å². The Morgan fingerprint density at radius 2 is 1.83 bits per heavy atom. The molecule has 3 atom stereocenters. The van der Waals surface area contributed by atoms with E-state index < -0.39 is 17.1 Å². The number of rotatable bonds is 1. The fourth-order valence-corrected chi connectivity index (χ4v) is 4.28. The minimum Gasteiger partial charge on any atom is -0.392 e. The third-order valence-corrected chi connectivity index (χ3v) is 5.85. The molecule has 1 saturated carbocycles. The van der Waals surface area contributed by atoms with E-state index in [4.69, 9.17) is 0 Å². The topological polar surface area (TPSA) is 60.7 Å². The molecule has 3 N–H and O–H groups in total. The molecule has 2 aliphatic rings. The summed E-state index contributed by atoms with van der Waals surface area (Å²) >= 11 is 0. The van der Waals surface area contributed by atoms with Crippen LogP contribution in [0.4, 0.5) is 0 Å². The third-order valence-electron chi connectivity index (χ3n) is 5.85. The molecule has 0 aromatic carbocycles. The summed E-state index contributed by atoms with van der Waals surface area (Å²) in [6.45, 7) is 8.01. The highest BCUT2D eigenvalue weighted by Gasteiger charge is 2.64. The van der Waals surface area contributed by atoms with Crippen molar-refractivity contribution < 1.29 is 15.3 Å². The molecule has 0 unspecified atom stereocenters. The third kappa shape index (κ3) is 1.47. The number of aliphatic hydroxyl groups is 3. The van der Waals surface area contributed by atoms with Gasteiger partial charge in [0.2, 0.25) is 0 Å². The van der Waals surface area contributed by atoms with Gasteiger partial charge in [-0.05, 0) is 43.6 Å². The van der Waals surface area contributed by atoms with Crippen LogP contribution in [0.15, 0.2) is 11.1 Å². The summed E-state index contributed by atoms with van der Waals surface area (Å²) in [5.74, 6) is 0. The van der Waals surface area contributed by atoms with E-state index in [1.165, 1.54) is 0 Å². The number of aliphatic hydroxyl groups excluding tert-OH is 2. The zero-order chi connectivity index (χ0) is 13.8. The van der Waals surface area contributed by atoms with Gasteiger partial charge in [-0.25, -0.2) is 0 Å². The van der Waals surface area contributed by atoms with Gasteiger partial charge in [0, 0.05) is 5.41 Å². The van der Waals surface area contributed by atoms with E-state index in [2.05, 4.69) is 13.8 Å². The lowest BCUT2D eigenvalue weighted by Gasteiger charge is -2.62. The number of allylic oxidation sites excluding steroid dienone is 1. The summed E-state index contributed by atoms with van der Waals surface area (Å²) in [5, 5.41) is 31.4. The van der Waals surface area contributed by atoms with Crippen molar-refractivity contribution in [2.45, 2.75) is 65.1 Å². The van der Waals surface area contributed by atoms with Crippen LogP contribution in [0.5, 0.6) is 0 Å². The van der Waals surface area contributed by atoms with Crippen molar-refractivity contribution in [1.29, 1.82) is 0 Å². The predicted molar refractivity (Wildman–Crippen MR) is 71.1 cm³/mol. The van der Waals surface area contributed by atoms with Gasteiger partial charge in [-0.3, -0.25) is 0 Å². The monoisotopic (exact) mass is 254 g/mol. The Hall–Kier alpha value is -0.380. The molecule has 3 nitrogen and oxygen atoms in total. The fourth-order valence-electron chi connectivity index (χ4n) is 4.28. The molecule has 0 amide bonds. The van der Waals surface area contributed by atoms with Crippen molar-refractivity contribution in [2.75, 3.05) is 6.61 Å². The van der Waals surface area contributed by atoms with E-state index >= 15 is 0 Å². The molecule has 0 aromatic heterocycles. The highest BCUT2D eigenvalue weighted by Crippen LogP contribution is 2.61. The largest absolute Gasteiger partial charge is 0.392 e. The lowest BCUT2D eigenvalue weighted by atomic mass is 9.46. The summed E-state index contributed by atoms with van der Waals surface area (Å²) in [5.41, 5.74) is 0.0846. The van der Waals surface area contributed by atoms with E-state index in [1.54, 1.807) is 0 Å². The van der Waals surface area contributed by atoms with Crippen LogP contribution in [0, 0.1) is 10.8 Å². The smallest absolute Gasteiger partial charge is 0.0817 e. The first-order chi connectivity index (χ1) is 8.20. The average molecular weight is 254 g/mol. The lowest BCUT2D eigenvalue weighted by Crippen LogP contribution is -2.66. The van der Waals surface area contributed by atoms with Crippen LogP contribution >= 0.6 is 0 Å². The molecule has 0 saturated heterocycles. The Kier molecular flexibility index (Phi) is 3.16. The number of fused-ring (bicyclic) bond motifs is 1. The summed E-state index contributed by atoms with van der Waals surface area (Å²) in [4.78, 5) is 0. The highest BCUT2D eigenvalue weighted by molar-refractivity contribution is 5.34. The van der Waals surface area contributed by atoms with E-state index in [0.29, 0.717) is 12.8 Å². The molecule has 0 aromatic rings. The predicted octanol–water partition coefficient (Wildman–Crippen LogP) is 2.01. The lowest BCUT2D eigenvalue weighted by molar-refractivity contribution is -0.219. The average Bonchev–Trinajstić information content (AvgIpc) is 2.30. The van der Waals surface area contributed by atoms with Crippen LogP contribution in [-0.2, 0) is 0 Å². The van der Waals surface area contributed by atoms with Crippen molar-refractivity contribution in [3.8, 4) is 0 Å². The Morgan fingerprint density at radius 3 is 2.39 bits per heavy atom.